The van der Waals surface area contributed by atoms with Crippen molar-refractivity contribution in [3.8, 4) is 0 Å². The number of aliphatic hydroxyl groups excluding tert-OH is 1. The summed E-state index contributed by atoms with van der Waals surface area (Å²) in [6, 6.07) is -0.0207. The van der Waals surface area contributed by atoms with Crippen LogP contribution in [0.2, 0.25) is 0 Å². The summed E-state index contributed by atoms with van der Waals surface area (Å²) in [4.78, 5) is 12.2. The van der Waals surface area contributed by atoms with Crippen LogP contribution in [-0.2, 0) is 4.79 Å². The van der Waals surface area contributed by atoms with Crippen LogP contribution in [0.1, 0.15) is 51.4 Å². The molecule has 1 aliphatic carbocycles. The molecule has 0 bridgehead atoms. The molecule has 19 heavy (non-hydrogen) atoms. The Morgan fingerprint density at radius 1 is 1.00 bits per heavy atom. The SMILES string of the molecule is Cl.O=C(N[C@H]1CCCCCC[C@@H]1O)C1CCNCC1. The lowest BCUT2D eigenvalue weighted by molar-refractivity contribution is -0.127. The van der Waals surface area contributed by atoms with Crippen molar-refractivity contribution in [2.45, 2.75) is 63.5 Å². The first-order chi connectivity index (χ1) is 8.77. The molecule has 0 spiro atoms. The van der Waals surface area contributed by atoms with Crippen LogP contribution in [0, 0.1) is 5.92 Å². The van der Waals surface area contributed by atoms with Crippen LogP contribution in [-0.4, -0.2) is 36.2 Å². The molecule has 3 N–H and O–H groups in total. The first-order valence-corrected chi connectivity index (χ1v) is 7.46. The molecule has 2 fully saturated rings. The van der Waals surface area contributed by atoms with Gasteiger partial charge in [0.1, 0.15) is 0 Å². The van der Waals surface area contributed by atoms with Gasteiger partial charge in [-0.05, 0) is 38.8 Å². The molecule has 2 aliphatic rings. The Hall–Kier alpha value is -0.320. The van der Waals surface area contributed by atoms with E-state index < -0.39 is 0 Å². The minimum absolute atomic E-state index is 0. The van der Waals surface area contributed by atoms with Gasteiger partial charge in [-0.1, -0.05) is 25.7 Å². The topological polar surface area (TPSA) is 61.4 Å². The maximum atomic E-state index is 12.2. The number of hydrogen-bond acceptors (Lipinski definition) is 3. The summed E-state index contributed by atoms with van der Waals surface area (Å²) in [5, 5.41) is 16.5. The maximum Gasteiger partial charge on any atom is 0.223 e. The van der Waals surface area contributed by atoms with Gasteiger partial charge in [0.25, 0.3) is 0 Å². The number of hydrogen-bond donors (Lipinski definition) is 3. The molecule has 1 amide bonds. The quantitative estimate of drug-likeness (QED) is 0.724. The fraction of sp³-hybridized carbons (Fsp3) is 0.929. The molecule has 1 heterocycles. The summed E-state index contributed by atoms with van der Waals surface area (Å²) in [5.74, 6) is 0.296. The van der Waals surface area contributed by atoms with Crippen molar-refractivity contribution in [1.82, 2.24) is 10.6 Å². The van der Waals surface area contributed by atoms with Crippen molar-refractivity contribution in [2.75, 3.05) is 13.1 Å². The van der Waals surface area contributed by atoms with Crippen LogP contribution in [0.15, 0.2) is 0 Å². The van der Waals surface area contributed by atoms with E-state index in [9.17, 15) is 9.90 Å². The first-order valence-electron chi connectivity index (χ1n) is 7.46. The third kappa shape index (κ3) is 5.28. The van der Waals surface area contributed by atoms with Crippen LogP contribution in [0.4, 0.5) is 0 Å². The number of rotatable bonds is 2. The molecule has 4 nitrogen and oxygen atoms in total. The Kier molecular flexibility index (Phi) is 7.73. The third-order valence-corrected chi connectivity index (χ3v) is 4.27. The Labute approximate surface area is 122 Å². The molecule has 5 heteroatoms. The highest BCUT2D eigenvalue weighted by Crippen LogP contribution is 2.19. The smallest absolute Gasteiger partial charge is 0.223 e. The van der Waals surface area contributed by atoms with E-state index in [1.165, 1.54) is 12.8 Å². The Morgan fingerprint density at radius 3 is 2.32 bits per heavy atom. The summed E-state index contributed by atoms with van der Waals surface area (Å²) in [6.45, 7) is 1.87. The zero-order valence-corrected chi connectivity index (χ0v) is 12.4. The standard InChI is InChI=1S/C14H26N2O2.ClH/c17-13-6-4-2-1-3-5-12(13)16-14(18)11-7-9-15-10-8-11;/h11-13,15,17H,1-10H2,(H,16,18);1H/t12-,13-;/m0./s1. The van der Waals surface area contributed by atoms with E-state index in [-0.39, 0.29) is 36.4 Å². The minimum Gasteiger partial charge on any atom is -0.391 e. The van der Waals surface area contributed by atoms with Crippen LogP contribution in [0.3, 0.4) is 0 Å². The van der Waals surface area contributed by atoms with E-state index in [4.69, 9.17) is 0 Å². The van der Waals surface area contributed by atoms with Crippen LogP contribution in [0.5, 0.6) is 0 Å². The number of carbonyl (C=O) groups is 1. The Bertz CT molecular complexity index is 270. The zero-order chi connectivity index (χ0) is 12.8. The van der Waals surface area contributed by atoms with Crippen molar-refractivity contribution < 1.29 is 9.90 Å². The van der Waals surface area contributed by atoms with E-state index in [1.54, 1.807) is 0 Å². The summed E-state index contributed by atoms with van der Waals surface area (Å²) >= 11 is 0. The van der Waals surface area contributed by atoms with Crippen LogP contribution >= 0.6 is 12.4 Å². The van der Waals surface area contributed by atoms with Gasteiger partial charge in [0.05, 0.1) is 12.1 Å². The normalized spacial score (nSPS) is 29.7. The van der Waals surface area contributed by atoms with Crippen LogP contribution < -0.4 is 10.6 Å². The first kappa shape index (κ1) is 16.7. The minimum atomic E-state index is -0.351. The largest absolute Gasteiger partial charge is 0.391 e. The number of piperidine rings is 1. The third-order valence-electron chi connectivity index (χ3n) is 4.27. The van der Waals surface area contributed by atoms with E-state index >= 15 is 0 Å². The predicted molar refractivity (Wildman–Crippen MR) is 78.5 cm³/mol. The Morgan fingerprint density at radius 2 is 1.63 bits per heavy atom. The summed E-state index contributed by atoms with van der Waals surface area (Å²) in [6.07, 6.45) is 7.90. The fourth-order valence-corrected chi connectivity index (χ4v) is 3.02. The lowest BCUT2D eigenvalue weighted by Gasteiger charge is -2.29. The molecule has 2 atom stereocenters. The summed E-state index contributed by atoms with van der Waals surface area (Å²) in [7, 11) is 0. The molecule has 1 saturated carbocycles. The van der Waals surface area contributed by atoms with Crippen molar-refractivity contribution in [1.29, 1.82) is 0 Å². The fourth-order valence-electron chi connectivity index (χ4n) is 3.02. The van der Waals surface area contributed by atoms with Gasteiger partial charge in [-0.3, -0.25) is 4.79 Å². The number of nitrogens with one attached hydrogen (secondary N) is 2. The predicted octanol–water partition coefficient (Wildman–Crippen LogP) is 1.61. The van der Waals surface area contributed by atoms with Gasteiger partial charge >= 0.3 is 0 Å². The molecular weight excluding hydrogens is 264 g/mol. The maximum absolute atomic E-state index is 12.2. The lowest BCUT2D eigenvalue weighted by atomic mass is 9.92. The molecule has 0 radical (unpaired) electrons. The molecule has 0 aromatic rings. The van der Waals surface area contributed by atoms with Gasteiger partial charge in [-0.15, -0.1) is 12.4 Å². The lowest BCUT2D eigenvalue weighted by Crippen LogP contribution is -2.47. The van der Waals surface area contributed by atoms with Gasteiger partial charge < -0.3 is 15.7 Å². The molecule has 1 saturated heterocycles. The second-order valence-corrected chi connectivity index (χ2v) is 5.70. The van der Waals surface area contributed by atoms with E-state index in [2.05, 4.69) is 10.6 Å². The molecule has 0 unspecified atom stereocenters. The van der Waals surface area contributed by atoms with Crippen molar-refractivity contribution in [3.63, 3.8) is 0 Å². The van der Waals surface area contributed by atoms with E-state index in [1.807, 2.05) is 0 Å². The zero-order valence-electron chi connectivity index (χ0n) is 11.6. The van der Waals surface area contributed by atoms with Crippen molar-refractivity contribution in [3.05, 3.63) is 0 Å². The van der Waals surface area contributed by atoms with Gasteiger partial charge in [0.15, 0.2) is 0 Å². The van der Waals surface area contributed by atoms with Crippen LogP contribution in [0.25, 0.3) is 0 Å². The highest BCUT2D eigenvalue weighted by Gasteiger charge is 2.26. The summed E-state index contributed by atoms with van der Waals surface area (Å²) in [5.41, 5.74) is 0. The van der Waals surface area contributed by atoms with E-state index in [0.29, 0.717) is 0 Å². The van der Waals surface area contributed by atoms with Crippen molar-refractivity contribution >= 4 is 18.3 Å². The molecular formula is C14H27ClN2O2. The van der Waals surface area contributed by atoms with Gasteiger partial charge in [0.2, 0.25) is 5.91 Å². The number of carbonyl (C=O) groups excluding carboxylic acids is 1. The van der Waals surface area contributed by atoms with Gasteiger partial charge in [0, 0.05) is 5.92 Å². The monoisotopic (exact) mass is 290 g/mol. The van der Waals surface area contributed by atoms with Crippen molar-refractivity contribution in [2.24, 2.45) is 5.92 Å². The molecule has 0 aromatic heterocycles. The van der Waals surface area contributed by atoms with Gasteiger partial charge in [-0.2, -0.15) is 0 Å². The number of amides is 1. The second kappa shape index (κ2) is 8.77. The van der Waals surface area contributed by atoms with Gasteiger partial charge in [-0.25, -0.2) is 0 Å². The molecule has 0 aromatic carbocycles. The Balaban J connectivity index is 0.00000180. The highest BCUT2D eigenvalue weighted by atomic mass is 35.5. The number of halogens is 1. The average molecular weight is 291 g/mol. The highest BCUT2D eigenvalue weighted by molar-refractivity contribution is 5.85. The second-order valence-electron chi connectivity index (χ2n) is 5.70. The van der Waals surface area contributed by atoms with E-state index in [0.717, 1.165) is 51.6 Å². The number of aliphatic hydroxyl groups is 1. The molecule has 2 rings (SSSR count). The summed E-state index contributed by atoms with van der Waals surface area (Å²) < 4.78 is 0. The molecule has 112 valence electrons. The average Bonchev–Trinajstić information content (AvgIpc) is 2.39. The molecule has 1 aliphatic heterocycles.